The monoisotopic (exact) mass is 294 g/mol. The van der Waals surface area contributed by atoms with Crippen molar-refractivity contribution in [2.24, 2.45) is 0 Å². The predicted octanol–water partition coefficient (Wildman–Crippen LogP) is 3.77. The van der Waals surface area contributed by atoms with Crippen LogP contribution < -0.4 is 0 Å². The topological polar surface area (TPSA) is 18.5 Å². The van der Waals surface area contributed by atoms with Gasteiger partial charge in [-0.15, -0.1) is 0 Å². The summed E-state index contributed by atoms with van der Waals surface area (Å²) in [7, 11) is -1.95. The van der Waals surface area contributed by atoms with E-state index in [1.165, 1.54) is 32.1 Å². The summed E-state index contributed by atoms with van der Waals surface area (Å²) < 4.78 is 12.1. The first kappa shape index (κ1) is 13.7. The van der Waals surface area contributed by atoms with Gasteiger partial charge in [-0.3, -0.25) is 0 Å². The fourth-order valence-corrected chi connectivity index (χ4v) is 8.03. The van der Waals surface area contributed by atoms with Crippen molar-refractivity contribution in [1.29, 1.82) is 0 Å². The highest BCUT2D eigenvalue weighted by atomic mass is 79.9. The molecule has 1 fully saturated rings. The number of rotatable bonds is 6. The molecule has 1 saturated carbocycles. The van der Waals surface area contributed by atoms with Gasteiger partial charge in [0.15, 0.2) is 0 Å². The fraction of sp³-hybridized carbons (Fsp3) is 1.00. The van der Waals surface area contributed by atoms with Crippen molar-refractivity contribution in [3.8, 4) is 0 Å². The highest BCUT2D eigenvalue weighted by molar-refractivity contribution is 9.09. The van der Waals surface area contributed by atoms with Gasteiger partial charge in [-0.2, -0.15) is 0 Å². The molecule has 1 rings (SSSR count). The zero-order valence-electron chi connectivity index (χ0n) is 9.93. The van der Waals surface area contributed by atoms with Crippen molar-refractivity contribution in [2.75, 3.05) is 18.2 Å². The van der Waals surface area contributed by atoms with E-state index in [4.69, 9.17) is 8.85 Å². The third-order valence-electron chi connectivity index (χ3n) is 3.19. The van der Waals surface area contributed by atoms with Crippen LogP contribution in [0.1, 0.15) is 46.0 Å². The second-order valence-electron chi connectivity index (χ2n) is 4.15. The van der Waals surface area contributed by atoms with Crippen molar-refractivity contribution in [3.05, 3.63) is 0 Å². The number of halogens is 1. The van der Waals surface area contributed by atoms with Crippen molar-refractivity contribution in [3.63, 3.8) is 0 Å². The summed E-state index contributed by atoms with van der Waals surface area (Å²) in [5.74, 6) is 0. The van der Waals surface area contributed by atoms with Crippen molar-refractivity contribution in [1.82, 2.24) is 0 Å². The number of hydrogen-bond acceptors (Lipinski definition) is 2. The van der Waals surface area contributed by atoms with E-state index in [1.807, 2.05) is 0 Å². The minimum absolute atomic E-state index is 0.700. The highest BCUT2D eigenvalue weighted by Crippen LogP contribution is 2.38. The average Bonchev–Trinajstić information content (AvgIpc) is 2.30. The molecule has 0 spiro atoms. The molecule has 4 heteroatoms. The van der Waals surface area contributed by atoms with Crippen LogP contribution in [0.15, 0.2) is 0 Å². The maximum atomic E-state index is 6.03. The Morgan fingerprint density at radius 1 is 1.07 bits per heavy atom. The van der Waals surface area contributed by atoms with E-state index in [2.05, 4.69) is 29.8 Å². The van der Waals surface area contributed by atoms with E-state index in [0.717, 1.165) is 18.2 Å². The summed E-state index contributed by atoms with van der Waals surface area (Å²) >= 11 is 3.62. The molecule has 0 amide bonds. The molecule has 0 aromatic rings. The molecular formula is C11H23BrO2Si. The molecule has 0 heterocycles. The minimum Gasteiger partial charge on any atom is -0.394 e. The largest absolute Gasteiger partial charge is 0.394 e. The molecule has 90 valence electrons. The lowest BCUT2D eigenvalue weighted by molar-refractivity contribution is 0.170. The first-order valence-corrected chi connectivity index (χ1v) is 9.35. The van der Waals surface area contributed by atoms with Crippen molar-refractivity contribution >= 4 is 24.5 Å². The van der Waals surface area contributed by atoms with Crippen LogP contribution in [0.2, 0.25) is 5.54 Å². The molecular weight excluding hydrogens is 272 g/mol. The standard InChI is InChI=1S/C11H23BrO2Si/c1-3-13-15(10-12,14-4-2)11-8-6-5-7-9-11/h11H,3-10H2,1-2H3. The Morgan fingerprint density at radius 2 is 1.60 bits per heavy atom. The third kappa shape index (κ3) is 3.55. The molecule has 0 N–H and O–H groups in total. The molecule has 0 aromatic heterocycles. The molecule has 0 bridgehead atoms. The number of alkyl halides is 1. The average molecular weight is 295 g/mol. The quantitative estimate of drug-likeness (QED) is 0.548. The predicted molar refractivity (Wildman–Crippen MR) is 69.6 cm³/mol. The van der Waals surface area contributed by atoms with Gasteiger partial charge < -0.3 is 8.85 Å². The smallest absolute Gasteiger partial charge is 0.352 e. The molecule has 0 saturated heterocycles. The zero-order valence-corrected chi connectivity index (χ0v) is 12.5. The van der Waals surface area contributed by atoms with Crippen LogP contribution in [0.4, 0.5) is 0 Å². The van der Waals surface area contributed by atoms with Gasteiger partial charge in [-0.05, 0) is 26.7 Å². The Kier molecular flexibility index (Phi) is 6.42. The van der Waals surface area contributed by atoms with Crippen molar-refractivity contribution in [2.45, 2.75) is 51.5 Å². The SMILES string of the molecule is CCO[Si](CBr)(OCC)C1CCCCC1. The lowest BCUT2D eigenvalue weighted by Crippen LogP contribution is -2.50. The molecule has 0 atom stereocenters. The zero-order chi connectivity index (χ0) is 11.1. The molecule has 0 aliphatic heterocycles. The van der Waals surface area contributed by atoms with E-state index in [0.29, 0.717) is 5.54 Å². The van der Waals surface area contributed by atoms with E-state index in [-0.39, 0.29) is 0 Å². The van der Waals surface area contributed by atoms with Gasteiger partial charge in [0.25, 0.3) is 0 Å². The van der Waals surface area contributed by atoms with Gasteiger partial charge in [0.05, 0.1) is 0 Å². The van der Waals surface area contributed by atoms with Crippen LogP contribution >= 0.6 is 15.9 Å². The lowest BCUT2D eigenvalue weighted by atomic mass is 10.0. The van der Waals surface area contributed by atoms with Gasteiger partial charge in [-0.25, -0.2) is 0 Å². The highest BCUT2D eigenvalue weighted by Gasteiger charge is 2.44. The van der Waals surface area contributed by atoms with Crippen LogP contribution in [0.3, 0.4) is 0 Å². The molecule has 15 heavy (non-hydrogen) atoms. The van der Waals surface area contributed by atoms with Crippen LogP contribution in [0, 0.1) is 0 Å². The van der Waals surface area contributed by atoms with Crippen LogP contribution in [0.5, 0.6) is 0 Å². The summed E-state index contributed by atoms with van der Waals surface area (Å²) in [5.41, 5.74) is 0.700. The molecule has 1 aliphatic carbocycles. The Morgan fingerprint density at radius 3 is 2.00 bits per heavy atom. The first-order valence-electron chi connectivity index (χ1n) is 6.13. The Labute approximate surface area is 103 Å². The molecule has 1 aliphatic rings. The van der Waals surface area contributed by atoms with E-state index in [1.54, 1.807) is 0 Å². The van der Waals surface area contributed by atoms with Gasteiger partial charge >= 0.3 is 8.56 Å². The normalized spacial score (nSPS) is 19.4. The van der Waals surface area contributed by atoms with E-state index in [9.17, 15) is 0 Å². The maximum Gasteiger partial charge on any atom is 0.352 e. The second-order valence-corrected chi connectivity index (χ2v) is 9.11. The summed E-state index contributed by atoms with van der Waals surface area (Å²) in [5, 5.41) is 0. The van der Waals surface area contributed by atoms with Gasteiger partial charge in [-0.1, -0.05) is 35.2 Å². The van der Waals surface area contributed by atoms with Gasteiger partial charge in [0.2, 0.25) is 0 Å². The molecule has 0 aromatic carbocycles. The van der Waals surface area contributed by atoms with Gasteiger partial charge in [0.1, 0.15) is 0 Å². The molecule has 2 nitrogen and oxygen atoms in total. The van der Waals surface area contributed by atoms with Crippen LogP contribution in [0.25, 0.3) is 0 Å². The Balaban J connectivity index is 2.66. The summed E-state index contributed by atoms with van der Waals surface area (Å²) in [4.78, 5) is 0.923. The first-order chi connectivity index (χ1) is 7.29. The van der Waals surface area contributed by atoms with E-state index < -0.39 is 8.56 Å². The summed E-state index contributed by atoms with van der Waals surface area (Å²) in [6.45, 7) is 5.72. The van der Waals surface area contributed by atoms with E-state index >= 15 is 0 Å². The Bertz CT molecular complexity index is 166. The second kappa shape index (κ2) is 7.04. The summed E-state index contributed by atoms with van der Waals surface area (Å²) in [6.07, 6.45) is 6.70. The third-order valence-corrected chi connectivity index (χ3v) is 9.28. The van der Waals surface area contributed by atoms with Crippen molar-refractivity contribution < 1.29 is 8.85 Å². The van der Waals surface area contributed by atoms with Crippen LogP contribution in [-0.4, -0.2) is 26.7 Å². The fourth-order valence-electron chi connectivity index (χ4n) is 2.49. The van der Waals surface area contributed by atoms with Crippen LogP contribution in [-0.2, 0) is 8.85 Å². The Hall–Kier alpha value is 0.617. The van der Waals surface area contributed by atoms with Gasteiger partial charge in [0, 0.05) is 23.7 Å². The maximum absolute atomic E-state index is 6.03. The minimum atomic E-state index is -1.95. The number of hydrogen-bond donors (Lipinski definition) is 0. The molecule has 0 radical (unpaired) electrons. The summed E-state index contributed by atoms with van der Waals surface area (Å²) in [6, 6.07) is 0. The molecule has 0 unspecified atom stereocenters. The lowest BCUT2D eigenvalue weighted by Gasteiger charge is -2.37.